The van der Waals surface area contributed by atoms with Crippen LogP contribution in [0.1, 0.15) is 43.0 Å². The first-order chi connectivity index (χ1) is 13.4. The largest absolute Gasteiger partial charge is 0.495 e. The molecule has 0 aliphatic heterocycles. The van der Waals surface area contributed by atoms with Gasteiger partial charge in [0.05, 0.1) is 17.7 Å². The minimum absolute atomic E-state index is 0.0845. The van der Waals surface area contributed by atoms with Gasteiger partial charge in [-0.3, -0.25) is 9.52 Å². The van der Waals surface area contributed by atoms with Crippen molar-refractivity contribution in [1.29, 1.82) is 0 Å². The molecule has 1 aliphatic rings. The maximum absolute atomic E-state index is 12.6. The van der Waals surface area contributed by atoms with Crippen molar-refractivity contribution in [3.05, 3.63) is 54.1 Å². The van der Waals surface area contributed by atoms with Crippen LogP contribution in [0.4, 0.5) is 5.69 Å². The lowest BCUT2D eigenvalue weighted by Crippen LogP contribution is -2.37. The summed E-state index contributed by atoms with van der Waals surface area (Å²) >= 11 is 0. The van der Waals surface area contributed by atoms with Crippen LogP contribution in [0.3, 0.4) is 0 Å². The molecule has 7 heteroatoms. The Morgan fingerprint density at radius 1 is 1.07 bits per heavy atom. The number of nitrogens with one attached hydrogen (secondary N) is 2. The van der Waals surface area contributed by atoms with Gasteiger partial charge in [-0.25, -0.2) is 8.42 Å². The van der Waals surface area contributed by atoms with Crippen molar-refractivity contribution in [3.63, 3.8) is 0 Å². The normalized spacial score (nSPS) is 19.6. The van der Waals surface area contributed by atoms with Gasteiger partial charge < -0.3 is 10.1 Å². The highest BCUT2D eigenvalue weighted by Crippen LogP contribution is 2.26. The average molecular weight is 403 g/mol. The zero-order valence-corrected chi connectivity index (χ0v) is 17.0. The van der Waals surface area contributed by atoms with Crippen LogP contribution in [-0.4, -0.2) is 27.5 Å². The van der Waals surface area contributed by atoms with E-state index < -0.39 is 10.0 Å². The van der Waals surface area contributed by atoms with Gasteiger partial charge >= 0.3 is 0 Å². The molecule has 2 N–H and O–H groups in total. The highest BCUT2D eigenvalue weighted by molar-refractivity contribution is 7.92. The molecule has 150 valence electrons. The fraction of sp³-hybridized carbons (Fsp3) is 0.381. The maximum Gasteiger partial charge on any atom is 0.262 e. The molecule has 1 saturated carbocycles. The minimum Gasteiger partial charge on any atom is -0.495 e. The fourth-order valence-corrected chi connectivity index (χ4v) is 4.62. The van der Waals surface area contributed by atoms with E-state index in [1.165, 1.54) is 25.7 Å². The molecule has 2 aromatic carbocycles. The summed E-state index contributed by atoms with van der Waals surface area (Å²) in [5, 5.41) is 3.06. The Bertz CT molecular complexity index is 926. The second kappa shape index (κ2) is 8.65. The Morgan fingerprint density at radius 3 is 2.46 bits per heavy atom. The second-order valence-electron chi connectivity index (χ2n) is 7.27. The molecule has 0 saturated heterocycles. The minimum atomic E-state index is -3.78. The number of methoxy groups -OCH3 is 1. The van der Waals surface area contributed by atoms with E-state index in [1.807, 2.05) is 0 Å². The molecule has 2 unspecified atom stereocenters. The Labute approximate surface area is 166 Å². The zero-order chi connectivity index (χ0) is 20.1. The highest BCUT2D eigenvalue weighted by atomic mass is 32.2. The number of benzene rings is 2. The molecule has 1 amide bonds. The zero-order valence-electron chi connectivity index (χ0n) is 16.1. The van der Waals surface area contributed by atoms with E-state index in [9.17, 15) is 13.2 Å². The van der Waals surface area contributed by atoms with Gasteiger partial charge in [-0.15, -0.1) is 0 Å². The number of carbonyl (C=O) groups is 1. The monoisotopic (exact) mass is 402 g/mol. The number of ether oxygens (including phenoxy) is 1. The number of sulfonamides is 1. The number of hydrogen-bond acceptors (Lipinski definition) is 4. The molecule has 0 aromatic heterocycles. The number of rotatable bonds is 6. The van der Waals surface area contributed by atoms with Gasteiger partial charge in [-0.2, -0.15) is 0 Å². The summed E-state index contributed by atoms with van der Waals surface area (Å²) in [4.78, 5) is 12.5. The Hall–Kier alpha value is -2.54. The quantitative estimate of drug-likeness (QED) is 0.770. The Kier molecular flexibility index (Phi) is 6.24. The summed E-state index contributed by atoms with van der Waals surface area (Å²) in [6.07, 6.45) is 4.31. The molecule has 0 spiro atoms. The Balaban J connectivity index is 1.69. The maximum atomic E-state index is 12.6. The average Bonchev–Trinajstić information content (AvgIpc) is 2.68. The summed E-state index contributed by atoms with van der Waals surface area (Å²) in [6.45, 7) is 2.20. The summed E-state index contributed by atoms with van der Waals surface area (Å²) in [5.74, 6) is 0.886. The lowest BCUT2D eigenvalue weighted by atomic mass is 9.87. The molecule has 3 rings (SSSR count). The lowest BCUT2D eigenvalue weighted by molar-refractivity contribution is 0.0921. The first-order valence-electron chi connectivity index (χ1n) is 9.46. The van der Waals surface area contributed by atoms with E-state index in [0.29, 0.717) is 22.9 Å². The van der Waals surface area contributed by atoms with Crippen LogP contribution in [-0.2, 0) is 10.0 Å². The van der Waals surface area contributed by atoms with Gasteiger partial charge in [0.1, 0.15) is 5.75 Å². The predicted octanol–water partition coefficient (Wildman–Crippen LogP) is 3.80. The number of para-hydroxylation sites is 2. The SMILES string of the molecule is COc1ccccc1NS(=O)(=O)c1ccc(C(=O)NC2CCCC(C)C2)cc1. The van der Waals surface area contributed by atoms with Crippen molar-refractivity contribution in [3.8, 4) is 5.75 Å². The number of anilines is 1. The second-order valence-corrected chi connectivity index (χ2v) is 8.95. The van der Waals surface area contributed by atoms with Crippen LogP contribution in [0, 0.1) is 5.92 Å². The molecule has 1 aliphatic carbocycles. The summed E-state index contributed by atoms with van der Waals surface area (Å²) in [7, 11) is -2.30. The third-order valence-electron chi connectivity index (χ3n) is 5.05. The van der Waals surface area contributed by atoms with Crippen molar-refractivity contribution in [2.45, 2.75) is 43.5 Å². The van der Waals surface area contributed by atoms with Crippen LogP contribution >= 0.6 is 0 Å². The van der Waals surface area contributed by atoms with Gasteiger partial charge in [0.2, 0.25) is 0 Å². The van der Waals surface area contributed by atoms with Crippen molar-refractivity contribution in [1.82, 2.24) is 5.32 Å². The van der Waals surface area contributed by atoms with Crippen LogP contribution in [0.5, 0.6) is 5.75 Å². The molecule has 2 atom stereocenters. The number of carbonyl (C=O) groups excluding carboxylic acids is 1. The third kappa shape index (κ3) is 4.84. The van der Waals surface area contributed by atoms with Crippen LogP contribution in [0.15, 0.2) is 53.4 Å². The first kappa shape index (κ1) is 20.2. The molecule has 6 nitrogen and oxygen atoms in total. The molecule has 1 fully saturated rings. The van der Waals surface area contributed by atoms with Gasteiger partial charge in [0, 0.05) is 11.6 Å². The molecular weight excluding hydrogens is 376 g/mol. The highest BCUT2D eigenvalue weighted by Gasteiger charge is 2.22. The van der Waals surface area contributed by atoms with Gasteiger partial charge in [-0.05, 0) is 55.2 Å². The molecule has 28 heavy (non-hydrogen) atoms. The lowest BCUT2D eigenvalue weighted by Gasteiger charge is -2.27. The van der Waals surface area contributed by atoms with Crippen molar-refractivity contribution in [2.24, 2.45) is 5.92 Å². The number of amides is 1. The van der Waals surface area contributed by atoms with Gasteiger partial charge in [0.15, 0.2) is 0 Å². The van der Waals surface area contributed by atoms with E-state index in [4.69, 9.17) is 4.74 Å². The van der Waals surface area contributed by atoms with Crippen molar-refractivity contribution in [2.75, 3.05) is 11.8 Å². The van der Waals surface area contributed by atoms with E-state index in [-0.39, 0.29) is 16.8 Å². The van der Waals surface area contributed by atoms with Crippen LogP contribution in [0.25, 0.3) is 0 Å². The molecule has 0 radical (unpaired) electrons. The smallest absolute Gasteiger partial charge is 0.262 e. The van der Waals surface area contributed by atoms with Crippen LogP contribution < -0.4 is 14.8 Å². The third-order valence-corrected chi connectivity index (χ3v) is 6.43. The van der Waals surface area contributed by atoms with E-state index >= 15 is 0 Å². The Morgan fingerprint density at radius 2 is 1.79 bits per heavy atom. The number of hydrogen-bond donors (Lipinski definition) is 2. The topological polar surface area (TPSA) is 84.5 Å². The predicted molar refractivity (Wildman–Crippen MR) is 109 cm³/mol. The molecule has 2 aromatic rings. The van der Waals surface area contributed by atoms with Gasteiger partial charge in [0.25, 0.3) is 15.9 Å². The van der Waals surface area contributed by atoms with Crippen molar-refractivity contribution >= 4 is 21.6 Å². The fourth-order valence-electron chi connectivity index (χ4n) is 3.55. The molecule has 0 heterocycles. The molecule has 0 bridgehead atoms. The van der Waals surface area contributed by atoms with E-state index in [2.05, 4.69) is 17.0 Å². The van der Waals surface area contributed by atoms with E-state index in [0.717, 1.165) is 19.3 Å². The standard InChI is InChI=1S/C21H26N2O4S/c1-15-6-5-7-17(14-15)22-21(24)16-10-12-18(13-11-16)28(25,26)23-19-8-3-4-9-20(19)27-2/h3-4,8-13,15,17,23H,5-7,14H2,1-2H3,(H,22,24). The summed E-state index contributed by atoms with van der Waals surface area (Å²) in [5.41, 5.74) is 0.813. The summed E-state index contributed by atoms with van der Waals surface area (Å²) in [6, 6.07) is 12.9. The van der Waals surface area contributed by atoms with Gasteiger partial charge in [-0.1, -0.05) is 31.9 Å². The van der Waals surface area contributed by atoms with E-state index in [1.54, 1.807) is 36.4 Å². The first-order valence-corrected chi connectivity index (χ1v) is 10.9. The summed E-state index contributed by atoms with van der Waals surface area (Å²) < 4.78 is 33.0. The molecular formula is C21H26N2O4S. The van der Waals surface area contributed by atoms with Crippen molar-refractivity contribution < 1.29 is 17.9 Å². The van der Waals surface area contributed by atoms with Crippen LogP contribution in [0.2, 0.25) is 0 Å².